The van der Waals surface area contributed by atoms with Gasteiger partial charge in [-0.1, -0.05) is 72.1 Å². The van der Waals surface area contributed by atoms with E-state index in [1.54, 1.807) is 0 Å². The van der Waals surface area contributed by atoms with Crippen LogP contribution in [0.1, 0.15) is 91.4 Å². The zero-order valence-corrected chi connectivity index (χ0v) is 15.8. The molecule has 2 atom stereocenters. The molecule has 1 fully saturated rings. The van der Waals surface area contributed by atoms with Crippen LogP contribution in [0.15, 0.2) is 18.7 Å². The Morgan fingerprint density at radius 1 is 1.04 bits per heavy atom. The highest BCUT2D eigenvalue weighted by molar-refractivity contribution is 4.86. The van der Waals surface area contributed by atoms with Crippen molar-refractivity contribution in [3.05, 3.63) is 18.7 Å². The molecule has 0 spiro atoms. The Morgan fingerprint density at radius 3 is 2.48 bits per heavy atom. The highest BCUT2D eigenvalue weighted by Crippen LogP contribution is 2.44. The van der Waals surface area contributed by atoms with Gasteiger partial charge in [0.1, 0.15) is 0 Å². The van der Waals surface area contributed by atoms with Gasteiger partial charge in [-0.2, -0.15) is 0 Å². The molecule has 1 aromatic rings. The molecule has 1 aliphatic carbocycles. The van der Waals surface area contributed by atoms with Crippen LogP contribution in [0.25, 0.3) is 0 Å². The van der Waals surface area contributed by atoms with Crippen molar-refractivity contribution in [1.29, 1.82) is 0 Å². The van der Waals surface area contributed by atoms with E-state index >= 15 is 0 Å². The SMILES string of the molecule is CCCCCCCCCC1CCC(C)(C)CC1Cn1ccnc1. The Kier molecular flexibility index (Phi) is 7.65. The number of rotatable bonds is 10. The number of nitrogens with zero attached hydrogens (tertiary/aromatic N) is 2. The van der Waals surface area contributed by atoms with Gasteiger partial charge in [0, 0.05) is 18.9 Å². The summed E-state index contributed by atoms with van der Waals surface area (Å²) in [4.78, 5) is 4.22. The summed E-state index contributed by atoms with van der Waals surface area (Å²) in [6, 6.07) is 0. The lowest BCUT2D eigenvalue weighted by atomic mass is 9.66. The third-order valence-electron chi connectivity index (χ3n) is 5.86. The number of imidazole rings is 1. The summed E-state index contributed by atoms with van der Waals surface area (Å²) in [5.74, 6) is 1.77. The van der Waals surface area contributed by atoms with Gasteiger partial charge in [-0.3, -0.25) is 0 Å². The molecule has 2 rings (SSSR count). The summed E-state index contributed by atoms with van der Waals surface area (Å²) in [6.45, 7) is 8.38. The topological polar surface area (TPSA) is 17.8 Å². The molecule has 1 heterocycles. The summed E-state index contributed by atoms with van der Waals surface area (Å²) in [5.41, 5.74) is 0.530. The zero-order valence-electron chi connectivity index (χ0n) is 15.8. The van der Waals surface area contributed by atoms with Crippen molar-refractivity contribution in [2.24, 2.45) is 17.3 Å². The summed E-state index contributed by atoms with van der Waals surface area (Å²) in [7, 11) is 0. The molecule has 0 amide bonds. The molecule has 0 aromatic carbocycles. The third-order valence-corrected chi connectivity index (χ3v) is 5.86. The second kappa shape index (κ2) is 9.49. The van der Waals surface area contributed by atoms with Crippen molar-refractivity contribution >= 4 is 0 Å². The van der Waals surface area contributed by atoms with Crippen LogP contribution < -0.4 is 0 Å². The molecule has 2 nitrogen and oxygen atoms in total. The van der Waals surface area contributed by atoms with Crippen LogP contribution in [0.5, 0.6) is 0 Å². The maximum absolute atomic E-state index is 4.22. The summed E-state index contributed by atoms with van der Waals surface area (Å²) in [6.07, 6.45) is 21.7. The molecular weight excluding hydrogens is 280 g/mol. The maximum atomic E-state index is 4.22. The molecule has 1 saturated carbocycles. The predicted octanol–water partition coefficient (Wildman–Crippen LogP) is 6.47. The van der Waals surface area contributed by atoms with Gasteiger partial charge in [0.05, 0.1) is 6.33 Å². The molecule has 0 aliphatic heterocycles. The van der Waals surface area contributed by atoms with Crippen LogP contribution >= 0.6 is 0 Å². The fraction of sp³-hybridized carbons (Fsp3) is 0.857. The van der Waals surface area contributed by atoms with Gasteiger partial charge in [-0.25, -0.2) is 4.98 Å². The standard InChI is InChI=1S/C21H38N2/c1-4-5-6-7-8-9-10-11-19-12-13-21(2,3)16-20(19)17-23-15-14-22-18-23/h14-15,18-20H,4-13,16-17H2,1-3H3. The first-order chi connectivity index (χ1) is 11.1. The van der Waals surface area contributed by atoms with Crippen molar-refractivity contribution in [2.45, 2.75) is 97.9 Å². The molecule has 1 aromatic heterocycles. The van der Waals surface area contributed by atoms with E-state index in [-0.39, 0.29) is 0 Å². The second-order valence-electron chi connectivity index (χ2n) is 8.60. The largest absolute Gasteiger partial charge is 0.337 e. The smallest absolute Gasteiger partial charge is 0.0945 e. The number of aromatic nitrogens is 2. The summed E-state index contributed by atoms with van der Waals surface area (Å²) in [5, 5.41) is 0. The van der Waals surface area contributed by atoms with Crippen molar-refractivity contribution in [1.82, 2.24) is 9.55 Å². The van der Waals surface area contributed by atoms with Gasteiger partial charge >= 0.3 is 0 Å². The van der Waals surface area contributed by atoms with Gasteiger partial charge < -0.3 is 4.57 Å². The normalized spacial score (nSPS) is 24.0. The molecule has 0 bridgehead atoms. The van der Waals surface area contributed by atoms with Crippen LogP contribution in [0.2, 0.25) is 0 Å². The lowest BCUT2D eigenvalue weighted by Crippen LogP contribution is -2.32. The summed E-state index contributed by atoms with van der Waals surface area (Å²) < 4.78 is 2.30. The van der Waals surface area contributed by atoms with E-state index in [1.807, 2.05) is 12.5 Å². The van der Waals surface area contributed by atoms with Crippen LogP contribution in [-0.4, -0.2) is 9.55 Å². The fourth-order valence-corrected chi connectivity index (χ4v) is 4.41. The first-order valence-electron chi connectivity index (χ1n) is 10.1. The molecular formula is C21H38N2. The number of hydrogen-bond acceptors (Lipinski definition) is 1. The molecule has 2 unspecified atom stereocenters. The Morgan fingerprint density at radius 2 is 1.78 bits per heavy atom. The average Bonchev–Trinajstić information content (AvgIpc) is 3.01. The molecule has 0 N–H and O–H groups in total. The Labute approximate surface area is 144 Å². The minimum atomic E-state index is 0.530. The van der Waals surface area contributed by atoms with E-state index in [0.29, 0.717) is 5.41 Å². The van der Waals surface area contributed by atoms with Crippen molar-refractivity contribution < 1.29 is 0 Å². The van der Waals surface area contributed by atoms with Crippen molar-refractivity contribution in [2.75, 3.05) is 0 Å². The van der Waals surface area contributed by atoms with Gasteiger partial charge in [-0.05, 0) is 36.5 Å². The molecule has 132 valence electrons. The number of hydrogen-bond donors (Lipinski definition) is 0. The lowest BCUT2D eigenvalue weighted by Gasteiger charge is -2.41. The van der Waals surface area contributed by atoms with E-state index in [2.05, 4.69) is 36.5 Å². The van der Waals surface area contributed by atoms with E-state index in [4.69, 9.17) is 0 Å². The molecule has 23 heavy (non-hydrogen) atoms. The molecule has 0 radical (unpaired) electrons. The first kappa shape index (κ1) is 18.5. The Hall–Kier alpha value is -0.790. The van der Waals surface area contributed by atoms with Gasteiger partial charge in [0.15, 0.2) is 0 Å². The van der Waals surface area contributed by atoms with E-state index < -0.39 is 0 Å². The van der Waals surface area contributed by atoms with Crippen molar-refractivity contribution in [3.8, 4) is 0 Å². The highest BCUT2D eigenvalue weighted by atomic mass is 15.0. The monoisotopic (exact) mass is 318 g/mol. The van der Waals surface area contributed by atoms with Gasteiger partial charge in [-0.15, -0.1) is 0 Å². The minimum absolute atomic E-state index is 0.530. The maximum Gasteiger partial charge on any atom is 0.0945 e. The average molecular weight is 319 g/mol. The Balaban J connectivity index is 1.74. The molecule has 1 aliphatic rings. The van der Waals surface area contributed by atoms with Crippen LogP contribution in [0.4, 0.5) is 0 Å². The van der Waals surface area contributed by atoms with Gasteiger partial charge in [0.2, 0.25) is 0 Å². The highest BCUT2D eigenvalue weighted by Gasteiger charge is 2.34. The predicted molar refractivity (Wildman–Crippen MR) is 99.4 cm³/mol. The second-order valence-corrected chi connectivity index (χ2v) is 8.60. The van der Waals surface area contributed by atoms with E-state index in [1.165, 1.54) is 77.2 Å². The van der Waals surface area contributed by atoms with E-state index in [0.717, 1.165) is 11.8 Å². The first-order valence-corrected chi connectivity index (χ1v) is 10.1. The fourth-order valence-electron chi connectivity index (χ4n) is 4.41. The minimum Gasteiger partial charge on any atom is -0.337 e. The van der Waals surface area contributed by atoms with Crippen LogP contribution in [-0.2, 0) is 6.54 Å². The third kappa shape index (κ3) is 6.69. The van der Waals surface area contributed by atoms with Crippen molar-refractivity contribution in [3.63, 3.8) is 0 Å². The molecule has 2 heteroatoms. The molecule has 0 saturated heterocycles. The Bertz CT molecular complexity index is 407. The zero-order chi connectivity index (χ0) is 16.5. The van der Waals surface area contributed by atoms with Crippen LogP contribution in [0, 0.1) is 17.3 Å². The van der Waals surface area contributed by atoms with E-state index in [9.17, 15) is 0 Å². The number of unbranched alkanes of at least 4 members (excludes halogenated alkanes) is 6. The quantitative estimate of drug-likeness (QED) is 0.452. The van der Waals surface area contributed by atoms with Gasteiger partial charge in [0.25, 0.3) is 0 Å². The van der Waals surface area contributed by atoms with Crippen LogP contribution in [0.3, 0.4) is 0 Å². The lowest BCUT2D eigenvalue weighted by molar-refractivity contribution is 0.0971. The summed E-state index contributed by atoms with van der Waals surface area (Å²) >= 11 is 0.